The van der Waals surface area contributed by atoms with Crippen LogP contribution in [-0.2, 0) is 15.7 Å². The van der Waals surface area contributed by atoms with Crippen LogP contribution in [0.2, 0.25) is 0 Å². The molecule has 0 saturated carbocycles. The fraction of sp³-hybridized carbons (Fsp3) is 0.588. The van der Waals surface area contributed by atoms with E-state index in [1.807, 2.05) is 0 Å². The zero-order chi connectivity index (χ0) is 17.9. The standard InChI is InChI=1S/C17H21F3N2O2S/c18-17(19,20)14-4-2-13(3-5-14)16-22(15(23)12-25-16)7-1-6-21-8-10-24-11-9-21/h2-5,16H,1,6-12H2. The van der Waals surface area contributed by atoms with Crippen molar-refractivity contribution in [2.24, 2.45) is 0 Å². The van der Waals surface area contributed by atoms with Gasteiger partial charge in [-0.15, -0.1) is 11.8 Å². The third-order valence-electron chi connectivity index (χ3n) is 4.47. The van der Waals surface area contributed by atoms with E-state index in [9.17, 15) is 18.0 Å². The molecule has 0 spiro atoms. The number of ether oxygens (including phenoxy) is 1. The first-order valence-corrected chi connectivity index (χ1v) is 9.38. The zero-order valence-corrected chi connectivity index (χ0v) is 14.6. The van der Waals surface area contributed by atoms with Gasteiger partial charge in [-0.25, -0.2) is 0 Å². The molecule has 1 atom stereocenters. The molecule has 0 aliphatic carbocycles. The first kappa shape index (κ1) is 18.5. The van der Waals surface area contributed by atoms with Gasteiger partial charge in [-0.2, -0.15) is 13.2 Å². The van der Waals surface area contributed by atoms with Gasteiger partial charge in [-0.3, -0.25) is 9.69 Å². The molecular weight excluding hydrogens is 353 g/mol. The van der Waals surface area contributed by atoms with E-state index in [1.165, 1.54) is 23.9 Å². The first-order valence-electron chi connectivity index (χ1n) is 8.33. The van der Waals surface area contributed by atoms with Crippen LogP contribution < -0.4 is 0 Å². The van der Waals surface area contributed by atoms with Gasteiger partial charge in [0.15, 0.2) is 0 Å². The number of rotatable bonds is 5. The van der Waals surface area contributed by atoms with Gasteiger partial charge in [-0.1, -0.05) is 12.1 Å². The highest BCUT2D eigenvalue weighted by Crippen LogP contribution is 2.39. The van der Waals surface area contributed by atoms with Crippen molar-refractivity contribution in [2.75, 3.05) is 45.1 Å². The normalized spacial score (nSPS) is 22.6. The van der Waals surface area contributed by atoms with Gasteiger partial charge < -0.3 is 9.64 Å². The van der Waals surface area contributed by atoms with E-state index in [0.717, 1.165) is 57.0 Å². The van der Waals surface area contributed by atoms with Gasteiger partial charge in [-0.05, 0) is 24.1 Å². The number of benzene rings is 1. The lowest BCUT2D eigenvalue weighted by Crippen LogP contribution is -2.38. The second-order valence-corrected chi connectivity index (χ2v) is 7.25. The largest absolute Gasteiger partial charge is 0.416 e. The highest BCUT2D eigenvalue weighted by atomic mass is 32.2. The number of thioether (sulfide) groups is 1. The summed E-state index contributed by atoms with van der Waals surface area (Å²) in [5, 5.41) is -0.195. The number of morpholine rings is 1. The number of halogens is 3. The van der Waals surface area contributed by atoms with Crippen molar-refractivity contribution >= 4 is 17.7 Å². The van der Waals surface area contributed by atoms with Gasteiger partial charge >= 0.3 is 6.18 Å². The molecular formula is C17H21F3N2O2S. The lowest BCUT2D eigenvalue weighted by molar-refractivity contribution is -0.137. The molecule has 1 unspecified atom stereocenters. The Balaban J connectivity index is 1.59. The van der Waals surface area contributed by atoms with Crippen LogP contribution in [0.25, 0.3) is 0 Å². The van der Waals surface area contributed by atoms with E-state index in [1.54, 1.807) is 4.90 Å². The average molecular weight is 374 g/mol. The fourth-order valence-electron chi connectivity index (χ4n) is 3.10. The molecule has 4 nitrogen and oxygen atoms in total. The molecule has 2 saturated heterocycles. The van der Waals surface area contributed by atoms with Gasteiger partial charge in [0.1, 0.15) is 5.37 Å². The quantitative estimate of drug-likeness (QED) is 0.793. The molecule has 8 heteroatoms. The number of nitrogens with zero attached hydrogens (tertiary/aromatic N) is 2. The van der Waals surface area contributed by atoms with Crippen molar-refractivity contribution < 1.29 is 22.7 Å². The Kier molecular flexibility index (Phi) is 5.91. The number of hydrogen-bond donors (Lipinski definition) is 0. The Hall–Kier alpha value is -1.25. The third kappa shape index (κ3) is 4.68. The van der Waals surface area contributed by atoms with Crippen LogP contribution in [0.3, 0.4) is 0 Å². The van der Waals surface area contributed by atoms with Crippen LogP contribution >= 0.6 is 11.8 Å². The smallest absolute Gasteiger partial charge is 0.379 e. The molecule has 1 aromatic rings. The summed E-state index contributed by atoms with van der Waals surface area (Å²) in [5.74, 6) is 0.431. The summed E-state index contributed by atoms with van der Waals surface area (Å²) in [5.41, 5.74) is 0.0830. The summed E-state index contributed by atoms with van der Waals surface area (Å²) >= 11 is 1.47. The molecule has 2 heterocycles. The van der Waals surface area contributed by atoms with E-state index in [-0.39, 0.29) is 11.3 Å². The minimum Gasteiger partial charge on any atom is -0.379 e. The van der Waals surface area contributed by atoms with E-state index in [2.05, 4.69) is 4.90 Å². The Morgan fingerprint density at radius 3 is 2.44 bits per heavy atom. The maximum atomic E-state index is 12.7. The molecule has 2 fully saturated rings. The Morgan fingerprint density at radius 1 is 1.12 bits per heavy atom. The van der Waals surface area contributed by atoms with E-state index >= 15 is 0 Å². The summed E-state index contributed by atoms with van der Waals surface area (Å²) < 4.78 is 43.4. The minimum atomic E-state index is -4.34. The molecule has 2 aliphatic rings. The minimum absolute atomic E-state index is 0.0527. The molecule has 0 radical (unpaired) electrons. The lowest BCUT2D eigenvalue weighted by Gasteiger charge is -2.29. The maximum absolute atomic E-state index is 12.7. The van der Waals surface area contributed by atoms with E-state index in [4.69, 9.17) is 4.74 Å². The number of alkyl halides is 3. The van der Waals surface area contributed by atoms with Crippen LogP contribution in [0.5, 0.6) is 0 Å². The van der Waals surface area contributed by atoms with Gasteiger partial charge in [0.25, 0.3) is 0 Å². The van der Waals surface area contributed by atoms with Crippen molar-refractivity contribution in [1.82, 2.24) is 9.80 Å². The van der Waals surface area contributed by atoms with Crippen LogP contribution in [0.1, 0.15) is 22.9 Å². The molecule has 0 N–H and O–H groups in total. The molecule has 1 aromatic carbocycles. The lowest BCUT2D eigenvalue weighted by atomic mass is 10.1. The Morgan fingerprint density at radius 2 is 1.80 bits per heavy atom. The molecule has 2 aliphatic heterocycles. The second kappa shape index (κ2) is 7.97. The van der Waals surface area contributed by atoms with Gasteiger partial charge in [0, 0.05) is 26.2 Å². The summed E-state index contributed by atoms with van der Waals surface area (Å²) in [6.07, 6.45) is -3.49. The predicted octanol–water partition coefficient (Wildman–Crippen LogP) is 3.00. The molecule has 138 valence electrons. The van der Waals surface area contributed by atoms with Crippen molar-refractivity contribution in [1.29, 1.82) is 0 Å². The Labute approximate surface area is 149 Å². The molecule has 0 aromatic heterocycles. The monoisotopic (exact) mass is 374 g/mol. The highest BCUT2D eigenvalue weighted by molar-refractivity contribution is 8.00. The molecule has 0 bridgehead atoms. The molecule has 25 heavy (non-hydrogen) atoms. The number of carbonyl (C=O) groups is 1. The van der Waals surface area contributed by atoms with Crippen LogP contribution in [0.4, 0.5) is 13.2 Å². The van der Waals surface area contributed by atoms with Crippen molar-refractivity contribution in [2.45, 2.75) is 18.0 Å². The Bertz CT molecular complexity index is 589. The molecule has 3 rings (SSSR count). The van der Waals surface area contributed by atoms with Crippen LogP contribution in [-0.4, -0.2) is 60.9 Å². The summed E-state index contributed by atoms with van der Waals surface area (Å²) in [6, 6.07) is 5.14. The van der Waals surface area contributed by atoms with Gasteiger partial charge in [0.05, 0.1) is 24.5 Å². The summed E-state index contributed by atoms with van der Waals surface area (Å²) in [7, 11) is 0. The third-order valence-corrected chi connectivity index (χ3v) is 5.72. The number of carbonyl (C=O) groups excluding carboxylic acids is 1. The average Bonchev–Trinajstić information content (AvgIpc) is 2.96. The number of amides is 1. The topological polar surface area (TPSA) is 32.8 Å². The summed E-state index contributed by atoms with van der Waals surface area (Å²) in [6.45, 7) is 4.82. The van der Waals surface area contributed by atoms with Crippen LogP contribution in [0, 0.1) is 0 Å². The number of hydrogen-bond acceptors (Lipinski definition) is 4. The highest BCUT2D eigenvalue weighted by Gasteiger charge is 2.34. The summed E-state index contributed by atoms with van der Waals surface area (Å²) in [4.78, 5) is 16.3. The zero-order valence-electron chi connectivity index (χ0n) is 13.8. The van der Waals surface area contributed by atoms with E-state index in [0.29, 0.717) is 12.3 Å². The first-order chi connectivity index (χ1) is 11.9. The van der Waals surface area contributed by atoms with Crippen molar-refractivity contribution in [3.05, 3.63) is 35.4 Å². The fourth-order valence-corrected chi connectivity index (χ4v) is 4.32. The second-order valence-electron chi connectivity index (χ2n) is 6.18. The van der Waals surface area contributed by atoms with Crippen molar-refractivity contribution in [3.63, 3.8) is 0 Å². The SMILES string of the molecule is O=C1CSC(c2ccc(C(F)(F)F)cc2)N1CCCN1CCOCC1. The van der Waals surface area contributed by atoms with Gasteiger partial charge in [0.2, 0.25) is 5.91 Å². The van der Waals surface area contributed by atoms with Crippen LogP contribution in [0.15, 0.2) is 24.3 Å². The molecule has 1 amide bonds. The van der Waals surface area contributed by atoms with E-state index < -0.39 is 11.7 Å². The van der Waals surface area contributed by atoms with Crippen molar-refractivity contribution in [3.8, 4) is 0 Å². The predicted molar refractivity (Wildman–Crippen MR) is 90.2 cm³/mol. The maximum Gasteiger partial charge on any atom is 0.416 e.